The first-order valence-electron chi connectivity index (χ1n) is 5.01. The summed E-state index contributed by atoms with van der Waals surface area (Å²) < 4.78 is 0. The van der Waals surface area contributed by atoms with Gasteiger partial charge in [-0.05, 0) is 27.1 Å². The van der Waals surface area contributed by atoms with E-state index in [1.165, 1.54) is 6.42 Å². The number of rotatable bonds is 4. The summed E-state index contributed by atoms with van der Waals surface area (Å²) in [5.74, 6) is 4.92. The number of nitrogens with one attached hydrogen (secondary N) is 1. The number of likely N-dealkylation sites (tertiary alicyclic amines) is 1. The molecule has 5 heteroatoms. The lowest BCUT2D eigenvalue weighted by Crippen LogP contribution is -2.35. The van der Waals surface area contributed by atoms with E-state index in [0.29, 0.717) is 12.5 Å². The van der Waals surface area contributed by atoms with Crippen LogP contribution in [0.5, 0.6) is 0 Å². The molecular weight excluding hydrogens is 180 g/mol. The molecule has 1 aliphatic rings. The Kier molecular flexibility index (Phi) is 4.31. The summed E-state index contributed by atoms with van der Waals surface area (Å²) in [4.78, 5) is 15.5. The normalized spacial score (nSPS) is 23.0. The van der Waals surface area contributed by atoms with Crippen molar-refractivity contribution in [1.82, 2.24) is 15.2 Å². The molecule has 1 rings (SSSR count). The van der Waals surface area contributed by atoms with Crippen LogP contribution in [0, 0.1) is 0 Å². The second kappa shape index (κ2) is 5.29. The third-order valence-electron chi connectivity index (χ3n) is 2.79. The Morgan fingerprint density at radius 2 is 2.36 bits per heavy atom. The van der Waals surface area contributed by atoms with Crippen molar-refractivity contribution in [3.63, 3.8) is 0 Å². The van der Waals surface area contributed by atoms with Gasteiger partial charge < -0.3 is 9.80 Å². The van der Waals surface area contributed by atoms with E-state index in [1.54, 1.807) is 0 Å². The summed E-state index contributed by atoms with van der Waals surface area (Å²) in [6.07, 6.45) is 1.69. The van der Waals surface area contributed by atoms with Crippen molar-refractivity contribution in [2.75, 3.05) is 33.7 Å². The molecule has 1 unspecified atom stereocenters. The highest BCUT2D eigenvalue weighted by molar-refractivity contribution is 5.75. The maximum Gasteiger partial charge on any atom is 0.235 e. The fraction of sp³-hybridized carbons (Fsp3) is 0.889. The lowest BCUT2D eigenvalue weighted by molar-refractivity contribution is -0.121. The first-order chi connectivity index (χ1) is 6.63. The number of nitrogens with zero attached hydrogens (tertiary/aromatic N) is 2. The highest BCUT2D eigenvalue weighted by atomic mass is 16.2. The van der Waals surface area contributed by atoms with Crippen LogP contribution in [0.4, 0.5) is 0 Å². The number of carbonyl (C=O) groups is 1. The van der Waals surface area contributed by atoms with Crippen molar-refractivity contribution in [3.8, 4) is 0 Å². The van der Waals surface area contributed by atoms with Crippen molar-refractivity contribution >= 4 is 5.91 Å². The predicted octanol–water partition coefficient (Wildman–Crippen LogP) is -0.998. The molecule has 0 aromatic rings. The van der Waals surface area contributed by atoms with Crippen LogP contribution >= 0.6 is 0 Å². The molecule has 1 amide bonds. The van der Waals surface area contributed by atoms with E-state index in [4.69, 9.17) is 5.84 Å². The zero-order chi connectivity index (χ0) is 10.6. The first kappa shape index (κ1) is 11.4. The Labute approximate surface area is 85.2 Å². The summed E-state index contributed by atoms with van der Waals surface area (Å²) in [6.45, 7) is 2.96. The summed E-state index contributed by atoms with van der Waals surface area (Å²) in [5.41, 5.74) is 2.15. The second-order valence-corrected chi connectivity index (χ2v) is 4.02. The van der Waals surface area contributed by atoms with Gasteiger partial charge in [0, 0.05) is 25.6 Å². The van der Waals surface area contributed by atoms with E-state index in [-0.39, 0.29) is 5.91 Å². The van der Waals surface area contributed by atoms with Gasteiger partial charge in [-0.15, -0.1) is 0 Å². The molecule has 0 spiro atoms. The Bertz CT molecular complexity index is 195. The van der Waals surface area contributed by atoms with Gasteiger partial charge in [-0.25, -0.2) is 5.84 Å². The van der Waals surface area contributed by atoms with Crippen LogP contribution in [-0.2, 0) is 4.79 Å². The minimum Gasteiger partial charge on any atom is -0.305 e. The summed E-state index contributed by atoms with van der Waals surface area (Å²) in [6, 6.07) is 0.635. The van der Waals surface area contributed by atoms with Crippen LogP contribution in [0.1, 0.15) is 12.8 Å². The number of likely N-dealkylation sites (N-methyl/N-ethyl adjacent to an activating group) is 1. The first-order valence-corrected chi connectivity index (χ1v) is 5.01. The maximum atomic E-state index is 10.9. The monoisotopic (exact) mass is 200 g/mol. The Morgan fingerprint density at radius 1 is 1.64 bits per heavy atom. The van der Waals surface area contributed by atoms with Crippen LogP contribution in [0.3, 0.4) is 0 Å². The molecular formula is C9H20N4O. The van der Waals surface area contributed by atoms with Gasteiger partial charge in [0.2, 0.25) is 5.91 Å². The van der Waals surface area contributed by atoms with E-state index in [9.17, 15) is 4.79 Å². The predicted molar refractivity (Wildman–Crippen MR) is 55.5 cm³/mol. The largest absolute Gasteiger partial charge is 0.305 e. The molecule has 1 fully saturated rings. The number of nitrogens with two attached hydrogens (primary N) is 1. The quantitative estimate of drug-likeness (QED) is 0.347. The molecule has 1 heterocycles. The van der Waals surface area contributed by atoms with Crippen LogP contribution in [0.25, 0.3) is 0 Å². The molecule has 0 aromatic heterocycles. The number of hydrogen-bond acceptors (Lipinski definition) is 4. The lowest BCUT2D eigenvalue weighted by atomic mass is 10.2. The van der Waals surface area contributed by atoms with E-state index in [0.717, 1.165) is 19.6 Å². The lowest BCUT2D eigenvalue weighted by Gasteiger charge is -2.19. The van der Waals surface area contributed by atoms with Gasteiger partial charge in [-0.2, -0.15) is 0 Å². The molecule has 0 radical (unpaired) electrons. The zero-order valence-corrected chi connectivity index (χ0v) is 8.99. The molecule has 0 saturated carbocycles. The van der Waals surface area contributed by atoms with E-state index in [2.05, 4.69) is 29.3 Å². The molecule has 0 aromatic carbocycles. The van der Waals surface area contributed by atoms with Gasteiger partial charge >= 0.3 is 0 Å². The third kappa shape index (κ3) is 3.25. The number of hydrazine groups is 1. The van der Waals surface area contributed by atoms with Crippen LogP contribution < -0.4 is 11.3 Å². The number of hydrogen-bond donors (Lipinski definition) is 2. The zero-order valence-electron chi connectivity index (χ0n) is 8.99. The van der Waals surface area contributed by atoms with Crippen LogP contribution in [0.15, 0.2) is 0 Å². The van der Waals surface area contributed by atoms with Crippen molar-refractivity contribution in [3.05, 3.63) is 0 Å². The van der Waals surface area contributed by atoms with Crippen LogP contribution in [0.2, 0.25) is 0 Å². The van der Waals surface area contributed by atoms with Crippen molar-refractivity contribution in [2.24, 2.45) is 5.84 Å². The van der Waals surface area contributed by atoms with Crippen LogP contribution in [-0.4, -0.2) is 55.5 Å². The Morgan fingerprint density at radius 3 is 2.86 bits per heavy atom. The van der Waals surface area contributed by atoms with Crippen molar-refractivity contribution < 1.29 is 4.79 Å². The summed E-state index contributed by atoms with van der Waals surface area (Å²) in [7, 11) is 4.20. The SMILES string of the molecule is CN(C)C1CCN(CCC(=O)NN)C1. The highest BCUT2D eigenvalue weighted by Gasteiger charge is 2.23. The average Bonchev–Trinajstić information content (AvgIpc) is 2.62. The highest BCUT2D eigenvalue weighted by Crippen LogP contribution is 2.12. The van der Waals surface area contributed by atoms with Gasteiger partial charge in [0.15, 0.2) is 0 Å². The van der Waals surface area contributed by atoms with E-state index in [1.807, 2.05) is 0 Å². The molecule has 82 valence electrons. The van der Waals surface area contributed by atoms with Gasteiger partial charge in [0.25, 0.3) is 0 Å². The molecule has 0 aliphatic carbocycles. The summed E-state index contributed by atoms with van der Waals surface area (Å²) in [5, 5.41) is 0. The molecule has 0 bridgehead atoms. The topological polar surface area (TPSA) is 61.6 Å². The van der Waals surface area contributed by atoms with Crippen molar-refractivity contribution in [1.29, 1.82) is 0 Å². The van der Waals surface area contributed by atoms with E-state index >= 15 is 0 Å². The minimum absolute atomic E-state index is 0.0849. The molecule has 5 nitrogen and oxygen atoms in total. The molecule has 1 aliphatic heterocycles. The number of amides is 1. The van der Waals surface area contributed by atoms with Gasteiger partial charge in [0.05, 0.1) is 0 Å². The smallest absolute Gasteiger partial charge is 0.235 e. The maximum absolute atomic E-state index is 10.9. The van der Waals surface area contributed by atoms with Gasteiger partial charge in [0.1, 0.15) is 0 Å². The molecule has 14 heavy (non-hydrogen) atoms. The Hall–Kier alpha value is -0.650. The standard InChI is InChI=1S/C9H20N4O/c1-12(2)8-3-5-13(7-8)6-4-9(14)11-10/h8H,3-7,10H2,1-2H3,(H,11,14). The molecule has 1 atom stereocenters. The second-order valence-electron chi connectivity index (χ2n) is 4.02. The number of carbonyl (C=O) groups excluding carboxylic acids is 1. The fourth-order valence-corrected chi connectivity index (χ4v) is 1.77. The Balaban J connectivity index is 2.19. The summed E-state index contributed by atoms with van der Waals surface area (Å²) >= 11 is 0. The minimum atomic E-state index is -0.0849. The molecule has 1 saturated heterocycles. The molecule has 3 N–H and O–H groups in total. The van der Waals surface area contributed by atoms with E-state index < -0.39 is 0 Å². The third-order valence-corrected chi connectivity index (χ3v) is 2.79. The van der Waals surface area contributed by atoms with Gasteiger partial charge in [-0.1, -0.05) is 0 Å². The fourth-order valence-electron chi connectivity index (χ4n) is 1.77. The van der Waals surface area contributed by atoms with Gasteiger partial charge in [-0.3, -0.25) is 10.2 Å². The van der Waals surface area contributed by atoms with Crippen molar-refractivity contribution in [2.45, 2.75) is 18.9 Å². The average molecular weight is 200 g/mol.